The second-order valence-corrected chi connectivity index (χ2v) is 15.1. The van der Waals surface area contributed by atoms with Gasteiger partial charge in [0.15, 0.2) is 23.8 Å². The fourth-order valence-corrected chi connectivity index (χ4v) is 8.34. The smallest absolute Gasteiger partial charge is 0.408 e. The summed E-state index contributed by atoms with van der Waals surface area (Å²) in [6, 6.07) is -1.04. The van der Waals surface area contributed by atoms with Gasteiger partial charge in [0, 0.05) is 24.7 Å². The van der Waals surface area contributed by atoms with Crippen LogP contribution in [0.5, 0.6) is 0 Å². The van der Waals surface area contributed by atoms with Gasteiger partial charge in [-0.1, -0.05) is 27.7 Å². The molecule has 4 rings (SSSR count). The Morgan fingerprint density at radius 3 is 2.31 bits per heavy atom. The second-order valence-electron chi connectivity index (χ2n) is 15.1. The van der Waals surface area contributed by atoms with Gasteiger partial charge in [0.05, 0.1) is 41.9 Å². The van der Waals surface area contributed by atoms with E-state index >= 15 is 0 Å². The Bertz CT molecular complexity index is 1260. The summed E-state index contributed by atoms with van der Waals surface area (Å²) >= 11 is 0. The number of Topliss-reactive ketones (excluding diaryl/α,β-unsaturated/α-hetero) is 2. The fraction of sp³-hybridized carbons (Fsp3) is 0.857. The molecule has 0 aliphatic carbocycles. The van der Waals surface area contributed by atoms with Crippen LogP contribution < -0.4 is 5.32 Å². The van der Waals surface area contributed by atoms with Crippen molar-refractivity contribution in [2.75, 3.05) is 27.3 Å². The summed E-state index contributed by atoms with van der Waals surface area (Å²) in [5.74, 6) is -4.62. The van der Waals surface area contributed by atoms with Crippen molar-refractivity contribution < 1.29 is 57.1 Å². The van der Waals surface area contributed by atoms with Gasteiger partial charge in [-0.2, -0.15) is 0 Å². The number of rotatable bonds is 5. The molecule has 4 saturated heterocycles. The lowest BCUT2D eigenvalue weighted by Crippen LogP contribution is -2.61. The van der Waals surface area contributed by atoms with Crippen LogP contribution in [0.3, 0.4) is 0 Å². The van der Waals surface area contributed by atoms with Crippen molar-refractivity contribution >= 4 is 29.6 Å². The van der Waals surface area contributed by atoms with Crippen LogP contribution in [0.1, 0.15) is 81.6 Å². The average molecular weight is 697 g/mol. The number of nitrogens with one attached hydrogen (secondary N) is 1. The van der Waals surface area contributed by atoms with Crippen molar-refractivity contribution in [2.24, 2.45) is 23.7 Å². The molecule has 4 aliphatic rings. The summed E-state index contributed by atoms with van der Waals surface area (Å²) in [7, 11) is 3.78. The van der Waals surface area contributed by atoms with E-state index in [0.717, 1.165) is 0 Å². The Labute approximate surface area is 289 Å². The molecule has 2 bridgehead atoms. The molecule has 1 amide bonds. The van der Waals surface area contributed by atoms with Gasteiger partial charge in [-0.15, -0.1) is 0 Å². The molecule has 4 aliphatic heterocycles. The highest BCUT2D eigenvalue weighted by Gasteiger charge is 2.58. The zero-order chi connectivity index (χ0) is 36.6. The van der Waals surface area contributed by atoms with Crippen LogP contribution in [-0.2, 0) is 52.3 Å². The third kappa shape index (κ3) is 8.14. The van der Waals surface area contributed by atoms with Gasteiger partial charge in [-0.05, 0) is 61.1 Å². The molecule has 0 aromatic heterocycles. The predicted molar refractivity (Wildman–Crippen MR) is 174 cm³/mol. The van der Waals surface area contributed by atoms with Crippen LogP contribution in [0.4, 0.5) is 4.79 Å². The monoisotopic (exact) mass is 696 g/mol. The Morgan fingerprint density at radius 2 is 1.69 bits per heavy atom. The summed E-state index contributed by atoms with van der Waals surface area (Å²) in [6.45, 7) is 14.8. The highest BCUT2D eigenvalue weighted by molar-refractivity contribution is 5.85. The summed E-state index contributed by atoms with van der Waals surface area (Å²) in [4.78, 5) is 68.3. The number of cyclic esters (lactones) is 1. The minimum atomic E-state index is -1.33. The third-order valence-electron chi connectivity index (χ3n) is 10.9. The maximum absolute atomic E-state index is 14.2. The van der Waals surface area contributed by atoms with E-state index in [9.17, 15) is 24.0 Å². The number of fused-ring (bicyclic) bond motifs is 4. The molecular weight excluding hydrogens is 640 g/mol. The van der Waals surface area contributed by atoms with Gasteiger partial charge < -0.3 is 43.4 Å². The Hall–Kier alpha value is -2.65. The highest BCUT2D eigenvalue weighted by atomic mass is 16.7. The maximum atomic E-state index is 14.2. The first-order valence-corrected chi connectivity index (χ1v) is 17.5. The summed E-state index contributed by atoms with van der Waals surface area (Å²) in [5, 5.41) is 2.80. The quantitative estimate of drug-likeness (QED) is 0.330. The fourth-order valence-electron chi connectivity index (χ4n) is 8.34. The summed E-state index contributed by atoms with van der Waals surface area (Å²) in [5.41, 5.74) is -2.64. The summed E-state index contributed by atoms with van der Waals surface area (Å²) in [6.07, 6.45) is -4.62. The van der Waals surface area contributed by atoms with Crippen LogP contribution in [-0.4, -0.2) is 122 Å². The van der Waals surface area contributed by atoms with Crippen molar-refractivity contribution in [1.82, 2.24) is 10.2 Å². The van der Waals surface area contributed by atoms with Gasteiger partial charge in [0.2, 0.25) is 0 Å². The number of hydrogen-bond acceptors (Lipinski definition) is 13. The first-order chi connectivity index (χ1) is 22.8. The zero-order valence-corrected chi connectivity index (χ0v) is 30.8. The minimum absolute atomic E-state index is 0.108. The Morgan fingerprint density at radius 1 is 1.02 bits per heavy atom. The lowest BCUT2D eigenvalue weighted by Gasteiger charge is -2.49. The largest absolute Gasteiger partial charge is 0.458 e. The molecule has 4 fully saturated rings. The summed E-state index contributed by atoms with van der Waals surface area (Å²) < 4.78 is 43.5. The number of likely N-dealkylation sites (N-methyl/N-ethyl adjacent to an activating group) is 1. The first kappa shape index (κ1) is 39.1. The normalized spacial score (nSPS) is 44.1. The number of ketones is 2. The number of esters is 2. The van der Waals surface area contributed by atoms with Gasteiger partial charge in [0.25, 0.3) is 0 Å². The molecule has 14 heteroatoms. The van der Waals surface area contributed by atoms with E-state index < -0.39 is 89.7 Å². The van der Waals surface area contributed by atoms with Crippen molar-refractivity contribution in [2.45, 2.75) is 142 Å². The number of hydrogen-bond donors (Lipinski definition) is 1. The van der Waals surface area contributed by atoms with Crippen LogP contribution in [0, 0.1) is 23.7 Å². The molecule has 278 valence electrons. The first-order valence-electron chi connectivity index (χ1n) is 17.5. The Kier molecular flexibility index (Phi) is 12.2. The highest BCUT2D eigenvalue weighted by Crippen LogP contribution is 2.42. The molecule has 49 heavy (non-hydrogen) atoms. The van der Waals surface area contributed by atoms with Crippen molar-refractivity contribution in [3.8, 4) is 0 Å². The number of alkyl carbamates (subject to hydrolysis) is 1. The van der Waals surface area contributed by atoms with Crippen LogP contribution in [0.15, 0.2) is 0 Å². The topological polar surface area (TPSA) is 165 Å². The van der Waals surface area contributed by atoms with E-state index in [4.69, 9.17) is 33.2 Å². The van der Waals surface area contributed by atoms with E-state index in [1.165, 1.54) is 6.92 Å². The van der Waals surface area contributed by atoms with E-state index in [1.54, 1.807) is 34.6 Å². The van der Waals surface area contributed by atoms with E-state index in [-0.39, 0.29) is 43.3 Å². The van der Waals surface area contributed by atoms with Gasteiger partial charge in [-0.3, -0.25) is 19.2 Å². The van der Waals surface area contributed by atoms with E-state index in [1.807, 2.05) is 39.8 Å². The van der Waals surface area contributed by atoms with Crippen molar-refractivity contribution in [3.05, 3.63) is 0 Å². The van der Waals surface area contributed by atoms with Gasteiger partial charge in [0.1, 0.15) is 25.1 Å². The number of ether oxygens (including phenoxy) is 7. The van der Waals surface area contributed by atoms with E-state index in [2.05, 4.69) is 5.32 Å². The lowest BCUT2D eigenvalue weighted by molar-refractivity contribution is -0.304. The third-order valence-corrected chi connectivity index (χ3v) is 10.9. The molecule has 0 unspecified atom stereocenters. The molecule has 4 heterocycles. The molecule has 0 aromatic rings. The molecule has 0 saturated carbocycles. The molecule has 14 atom stereocenters. The van der Waals surface area contributed by atoms with Crippen LogP contribution >= 0.6 is 0 Å². The number of nitrogens with zero attached hydrogens (tertiary/aromatic N) is 1. The van der Waals surface area contributed by atoms with Crippen molar-refractivity contribution in [3.63, 3.8) is 0 Å². The molecule has 0 spiro atoms. The predicted octanol–water partition coefficient (Wildman–Crippen LogP) is 2.82. The lowest BCUT2D eigenvalue weighted by atomic mass is 9.73. The number of carbonyl (C=O) groups excluding carboxylic acids is 5. The zero-order valence-electron chi connectivity index (χ0n) is 30.8. The molecular formula is C35H56N2O12. The molecule has 0 radical (unpaired) electrons. The molecule has 14 nitrogen and oxygen atoms in total. The standard InChI is InChI=1S/C35H56N2O12/c1-12-25-35(9)29(36-33(42)49-35)19(4)26(40)17(2)14-34(8)30(20(5)27(21(6)31(41)47-25)43-15-23(39)16-44-34)48-32-28(46-22(7)38)24(37(10)11)13-18(3)45-32/h17-21,24-25,27-30,32H,12-16H2,1-11H3,(H,36,42)/t17-,18-,19+,20+,21-,24+,25-,27-,28-,29-,30-,32+,34+,35-/m1/s1. The van der Waals surface area contributed by atoms with Crippen molar-refractivity contribution in [1.29, 1.82) is 0 Å². The van der Waals surface area contributed by atoms with Gasteiger partial charge in [-0.25, -0.2) is 4.79 Å². The minimum Gasteiger partial charge on any atom is -0.458 e. The molecule has 0 aromatic carbocycles. The number of amides is 1. The Balaban J connectivity index is 1.86. The van der Waals surface area contributed by atoms with Gasteiger partial charge >= 0.3 is 18.0 Å². The van der Waals surface area contributed by atoms with Crippen LogP contribution in [0.25, 0.3) is 0 Å². The SMILES string of the molecule is CC[C@H]1OC(=O)[C@H](C)[C@@H]2OCC(=O)CO[C@@](C)(C[C@@H](C)C(=O)[C@H](C)[C@H]3NC(=O)O[C@@]31C)[C@H](O[C@@H]1O[C@H](C)C[C@H](N(C)C)[C@H]1OC(C)=O)[C@H]2C. The average Bonchev–Trinajstić information content (AvgIpc) is 3.35. The second kappa shape index (κ2) is 15.3. The number of carbonyl (C=O) groups is 5. The van der Waals surface area contributed by atoms with E-state index in [0.29, 0.717) is 12.8 Å². The van der Waals surface area contributed by atoms with Crippen LogP contribution in [0.2, 0.25) is 0 Å². The maximum Gasteiger partial charge on any atom is 0.408 e. The molecule has 1 N–H and O–H groups in total.